The minimum Gasteiger partial charge on any atom is -0.394 e. The van der Waals surface area contributed by atoms with Crippen molar-refractivity contribution >= 4 is 0 Å². The first-order chi connectivity index (χ1) is 8.04. The molecule has 1 aliphatic heterocycles. The van der Waals surface area contributed by atoms with Gasteiger partial charge in [-0.25, -0.2) is 0 Å². The Labute approximate surface area is 105 Å². The van der Waals surface area contributed by atoms with E-state index in [9.17, 15) is 5.11 Å². The summed E-state index contributed by atoms with van der Waals surface area (Å²) < 4.78 is 5.70. The second kappa shape index (κ2) is 6.69. The highest BCUT2D eigenvalue weighted by atomic mass is 16.5. The van der Waals surface area contributed by atoms with Crippen molar-refractivity contribution < 1.29 is 9.84 Å². The van der Waals surface area contributed by atoms with Crippen LogP contribution in [-0.4, -0.2) is 60.5 Å². The van der Waals surface area contributed by atoms with Crippen molar-refractivity contribution in [1.82, 2.24) is 10.2 Å². The molecule has 0 saturated carbocycles. The highest BCUT2D eigenvalue weighted by molar-refractivity contribution is 4.89. The number of likely N-dealkylation sites (N-methyl/N-ethyl adjacent to an activating group) is 1. The van der Waals surface area contributed by atoms with Gasteiger partial charge in [0.2, 0.25) is 0 Å². The van der Waals surface area contributed by atoms with Crippen LogP contribution in [0, 0.1) is 0 Å². The summed E-state index contributed by atoms with van der Waals surface area (Å²) in [5, 5.41) is 12.9. The third kappa shape index (κ3) is 4.21. The van der Waals surface area contributed by atoms with E-state index in [2.05, 4.69) is 37.9 Å². The molecule has 3 atom stereocenters. The predicted molar refractivity (Wildman–Crippen MR) is 70.2 cm³/mol. The molecule has 1 fully saturated rings. The number of aliphatic hydroxyl groups is 1. The lowest BCUT2D eigenvalue weighted by atomic mass is 10.00. The van der Waals surface area contributed by atoms with Gasteiger partial charge in [-0.05, 0) is 26.8 Å². The first-order valence-electron chi connectivity index (χ1n) is 6.76. The molecule has 0 aliphatic carbocycles. The van der Waals surface area contributed by atoms with Gasteiger partial charge in [-0.15, -0.1) is 0 Å². The van der Waals surface area contributed by atoms with Crippen LogP contribution in [0.3, 0.4) is 0 Å². The summed E-state index contributed by atoms with van der Waals surface area (Å²) in [7, 11) is 0. The maximum Gasteiger partial charge on any atom is 0.0674 e. The van der Waals surface area contributed by atoms with Crippen LogP contribution in [0.4, 0.5) is 0 Å². The molecule has 1 rings (SSSR count). The second-order valence-corrected chi connectivity index (χ2v) is 5.38. The van der Waals surface area contributed by atoms with Gasteiger partial charge in [0.1, 0.15) is 0 Å². The number of nitrogens with one attached hydrogen (secondary N) is 1. The normalized spacial score (nSPS) is 30.2. The van der Waals surface area contributed by atoms with Gasteiger partial charge in [0.05, 0.1) is 24.9 Å². The SMILES string of the molecule is CCNC(C)(CO)CN1CC(C)OCC1CC. The number of hydrogen-bond donors (Lipinski definition) is 2. The van der Waals surface area contributed by atoms with Gasteiger partial charge < -0.3 is 15.2 Å². The van der Waals surface area contributed by atoms with Gasteiger partial charge in [0.15, 0.2) is 0 Å². The van der Waals surface area contributed by atoms with Crippen LogP contribution in [0.25, 0.3) is 0 Å². The van der Waals surface area contributed by atoms with Crippen molar-refractivity contribution in [1.29, 1.82) is 0 Å². The van der Waals surface area contributed by atoms with E-state index in [0.717, 1.165) is 32.7 Å². The summed E-state index contributed by atoms with van der Waals surface area (Å²) in [5.74, 6) is 0. The van der Waals surface area contributed by atoms with Crippen molar-refractivity contribution in [2.24, 2.45) is 0 Å². The van der Waals surface area contributed by atoms with Crippen LogP contribution in [0.1, 0.15) is 34.1 Å². The fraction of sp³-hybridized carbons (Fsp3) is 1.00. The van der Waals surface area contributed by atoms with Crippen LogP contribution in [-0.2, 0) is 4.74 Å². The average molecular weight is 244 g/mol. The zero-order valence-corrected chi connectivity index (χ0v) is 11.7. The molecule has 0 radical (unpaired) electrons. The minimum atomic E-state index is -0.209. The van der Waals surface area contributed by atoms with Crippen LogP contribution < -0.4 is 5.32 Å². The molecule has 0 aromatic heterocycles. The molecule has 1 aliphatic rings. The average Bonchev–Trinajstić information content (AvgIpc) is 2.29. The molecule has 4 heteroatoms. The molecule has 1 heterocycles. The van der Waals surface area contributed by atoms with E-state index in [1.54, 1.807) is 0 Å². The number of ether oxygens (including phenoxy) is 1. The minimum absolute atomic E-state index is 0.170. The second-order valence-electron chi connectivity index (χ2n) is 5.38. The summed E-state index contributed by atoms with van der Waals surface area (Å²) in [5.41, 5.74) is -0.209. The zero-order chi connectivity index (χ0) is 12.9. The largest absolute Gasteiger partial charge is 0.394 e. The summed E-state index contributed by atoms with van der Waals surface area (Å²) in [4.78, 5) is 2.45. The Morgan fingerprint density at radius 1 is 1.47 bits per heavy atom. The molecule has 0 amide bonds. The standard InChI is InChI=1S/C13H28N2O2/c1-5-12-8-17-11(3)7-15(12)9-13(4,10-16)14-6-2/h11-12,14,16H,5-10H2,1-4H3. The molecular formula is C13H28N2O2. The Bertz CT molecular complexity index is 225. The van der Waals surface area contributed by atoms with E-state index in [0.29, 0.717) is 12.1 Å². The maximum absolute atomic E-state index is 9.55. The molecular weight excluding hydrogens is 216 g/mol. The Kier molecular flexibility index (Phi) is 5.86. The maximum atomic E-state index is 9.55. The Balaban J connectivity index is 2.61. The third-order valence-corrected chi connectivity index (χ3v) is 3.56. The summed E-state index contributed by atoms with van der Waals surface area (Å²) >= 11 is 0. The third-order valence-electron chi connectivity index (χ3n) is 3.56. The van der Waals surface area contributed by atoms with Gasteiger partial charge in [-0.3, -0.25) is 4.90 Å². The first kappa shape index (κ1) is 14.9. The van der Waals surface area contributed by atoms with Crippen molar-refractivity contribution in [3.8, 4) is 0 Å². The summed E-state index contributed by atoms with van der Waals surface area (Å²) in [6.45, 7) is 12.2. The topological polar surface area (TPSA) is 44.7 Å². The van der Waals surface area contributed by atoms with Crippen molar-refractivity contribution in [2.45, 2.75) is 51.8 Å². The predicted octanol–water partition coefficient (Wildman–Crippen LogP) is 0.846. The van der Waals surface area contributed by atoms with E-state index >= 15 is 0 Å². The molecule has 0 aromatic carbocycles. The molecule has 0 bridgehead atoms. The van der Waals surface area contributed by atoms with Crippen LogP contribution in [0.5, 0.6) is 0 Å². The van der Waals surface area contributed by atoms with E-state index < -0.39 is 0 Å². The van der Waals surface area contributed by atoms with Crippen molar-refractivity contribution in [2.75, 3.05) is 32.8 Å². The fourth-order valence-electron chi connectivity index (χ4n) is 2.52. The smallest absolute Gasteiger partial charge is 0.0674 e. The molecule has 102 valence electrons. The molecule has 4 nitrogen and oxygen atoms in total. The van der Waals surface area contributed by atoms with E-state index in [1.807, 2.05) is 0 Å². The summed E-state index contributed by atoms with van der Waals surface area (Å²) in [6, 6.07) is 0.482. The number of morpholine rings is 1. The number of aliphatic hydroxyl groups excluding tert-OH is 1. The molecule has 1 saturated heterocycles. The van der Waals surface area contributed by atoms with Gasteiger partial charge in [0, 0.05) is 19.1 Å². The van der Waals surface area contributed by atoms with Gasteiger partial charge >= 0.3 is 0 Å². The number of nitrogens with zero attached hydrogens (tertiary/aromatic N) is 1. The van der Waals surface area contributed by atoms with Gasteiger partial charge in [0.25, 0.3) is 0 Å². The van der Waals surface area contributed by atoms with Crippen molar-refractivity contribution in [3.63, 3.8) is 0 Å². The van der Waals surface area contributed by atoms with Crippen LogP contribution in [0.2, 0.25) is 0 Å². The number of rotatable bonds is 6. The zero-order valence-electron chi connectivity index (χ0n) is 11.7. The lowest BCUT2D eigenvalue weighted by Gasteiger charge is -2.43. The Morgan fingerprint density at radius 2 is 2.18 bits per heavy atom. The molecule has 17 heavy (non-hydrogen) atoms. The van der Waals surface area contributed by atoms with Gasteiger partial charge in [-0.2, -0.15) is 0 Å². The molecule has 0 aromatic rings. The Morgan fingerprint density at radius 3 is 2.71 bits per heavy atom. The molecule has 3 unspecified atom stereocenters. The fourth-order valence-corrected chi connectivity index (χ4v) is 2.52. The van der Waals surface area contributed by atoms with Crippen LogP contribution >= 0.6 is 0 Å². The lowest BCUT2D eigenvalue weighted by molar-refractivity contribution is -0.0665. The van der Waals surface area contributed by atoms with E-state index in [-0.39, 0.29) is 12.1 Å². The van der Waals surface area contributed by atoms with Gasteiger partial charge in [-0.1, -0.05) is 13.8 Å². The lowest BCUT2D eigenvalue weighted by Crippen LogP contribution is -2.59. The monoisotopic (exact) mass is 244 g/mol. The highest BCUT2D eigenvalue weighted by Crippen LogP contribution is 2.17. The Hall–Kier alpha value is -0.160. The quantitative estimate of drug-likeness (QED) is 0.727. The highest BCUT2D eigenvalue weighted by Gasteiger charge is 2.32. The molecule has 2 N–H and O–H groups in total. The number of hydrogen-bond acceptors (Lipinski definition) is 4. The molecule has 0 spiro atoms. The van der Waals surface area contributed by atoms with E-state index in [4.69, 9.17) is 4.74 Å². The van der Waals surface area contributed by atoms with E-state index in [1.165, 1.54) is 0 Å². The van der Waals surface area contributed by atoms with Crippen LogP contribution in [0.15, 0.2) is 0 Å². The summed E-state index contributed by atoms with van der Waals surface area (Å²) in [6.07, 6.45) is 1.39. The first-order valence-corrected chi connectivity index (χ1v) is 6.76. The van der Waals surface area contributed by atoms with Crippen molar-refractivity contribution in [3.05, 3.63) is 0 Å².